The second kappa shape index (κ2) is 6.74. The van der Waals surface area contributed by atoms with Gasteiger partial charge >= 0.3 is 0 Å². The number of benzene rings is 2. The van der Waals surface area contributed by atoms with E-state index in [9.17, 15) is 4.79 Å². The second-order valence-corrected chi connectivity index (χ2v) is 7.51. The van der Waals surface area contributed by atoms with Gasteiger partial charge in [0.15, 0.2) is 22.4 Å². The first kappa shape index (κ1) is 16.4. The maximum absolute atomic E-state index is 12.6. The Hall–Kier alpha value is -2.80. The van der Waals surface area contributed by atoms with E-state index in [1.54, 1.807) is 18.2 Å². The quantitative estimate of drug-likeness (QED) is 0.479. The van der Waals surface area contributed by atoms with Gasteiger partial charge in [0.2, 0.25) is 6.79 Å². The van der Waals surface area contributed by atoms with Crippen molar-refractivity contribution in [1.82, 2.24) is 14.8 Å². The van der Waals surface area contributed by atoms with Crippen LogP contribution in [0.4, 0.5) is 0 Å². The SMILES string of the molecule is O=C(CSc1nnc(C2CC2)n1-c1ccccc1)c1ccc2c(c1)OCO2. The molecule has 5 rings (SSSR count). The van der Waals surface area contributed by atoms with Gasteiger partial charge in [0.25, 0.3) is 0 Å². The minimum absolute atomic E-state index is 0.0221. The molecular weight excluding hydrogens is 362 g/mol. The van der Waals surface area contributed by atoms with Crippen LogP contribution in [0.25, 0.3) is 5.69 Å². The van der Waals surface area contributed by atoms with Crippen LogP contribution < -0.4 is 9.47 Å². The molecule has 0 atom stereocenters. The smallest absolute Gasteiger partial charge is 0.231 e. The molecule has 2 aromatic carbocycles. The Balaban J connectivity index is 1.37. The minimum atomic E-state index is 0.0221. The van der Waals surface area contributed by atoms with Gasteiger partial charge < -0.3 is 9.47 Å². The molecule has 136 valence electrons. The monoisotopic (exact) mass is 379 g/mol. The number of ketones is 1. The average molecular weight is 379 g/mol. The van der Waals surface area contributed by atoms with Gasteiger partial charge in [-0.3, -0.25) is 9.36 Å². The van der Waals surface area contributed by atoms with Crippen molar-refractivity contribution < 1.29 is 14.3 Å². The fourth-order valence-electron chi connectivity index (χ4n) is 3.08. The first-order valence-electron chi connectivity index (χ1n) is 8.86. The molecule has 0 bridgehead atoms. The minimum Gasteiger partial charge on any atom is -0.454 e. The molecule has 1 saturated carbocycles. The molecule has 6 nitrogen and oxygen atoms in total. The number of carbonyl (C=O) groups is 1. The molecule has 1 aromatic heterocycles. The van der Waals surface area contributed by atoms with Gasteiger partial charge in [-0.15, -0.1) is 10.2 Å². The summed E-state index contributed by atoms with van der Waals surface area (Å²) in [6.45, 7) is 0.200. The fourth-order valence-corrected chi connectivity index (χ4v) is 3.94. The Kier molecular flexibility index (Phi) is 4.09. The van der Waals surface area contributed by atoms with Crippen molar-refractivity contribution in [3.63, 3.8) is 0 Å². The molecule has 0 N–H and O–H groups in total. The van der Waals surface area contributed by atoms with Gasteiger partial charge in [-0.25, -0.2) is 0 Å². The Bertz CT molecular complexity index is 999. The fraction of sp³-hybridized carbons (Fsp3) is 0.250. The summed E-state index contributed by atoms with van der Waals surface area (Å²) in [7, 11) is 0. The third-order valence-electron chi connectivity index (χ3n) is 4.64. The number of carbonyl (C=O) groups excluding carboxylic acids is 1. The molecule has 0 saturated heterocycles. The van der Waals surface area contributed by atoms with Gasteiger partial charge in [0.1, 0.15) is 5.82 Å². The molecule has 1 aliphatic carbocycles. The van der Waals surface area contributed by atoms with E-state index in [-0.39, 0.29) is 18.3 Å². The highest BCUT2D eigenvalue weighted by Gasteiger charge is 2.31. The number of ether oxygens (including phenoxy) is 2. The lowest BCUT2D eigenvalue weighted by molar-refractivity contribution is 0.102. The zero-order valence-electron chi connectivity index (χ0n) is 14.5. The van der Waals surface area contributed by atoms with E-state index in [0.717, 1.165) is 29.5 Å². The molecule has 1 fully saturated rings. The van der Waals surface area contributed by atoms with Gasteiger partial charge in [0.05, 0.1) is 5.75 Å². The van der Waals surface area contributed by atoms with Crippen LogP contribution in [-0.2, 0) is 0 Å². The zero-order chi connectivity index (χ0) is 18.2. The van der Waals surface area contributed by atoms with Crippen molar-refractivity contribution in [3.05, 3.63) is 59.9 Å². The predicted octanol–water partition coefficient (Wildman–Crippen LogP) is 3.85. The molecule has 3 aromatic rings. The predicted molar refractivity (Wildman–Crippen MR) is 101 cm³/mol. The third-order valence-corrected chi connectivity index (χ3v) is 5.57. The lowest BCUT2D eigenvalue weighted by Crippen LogP contribution is -2.05. The van der Waals surface area contributed by atoms with E-state index < -0.39 is 0 Å². The Morgan fingerprint density at radius 3 is 2.70 bits per heavy atom. The molecule has 27 heavy (non-hydrogen) atoms. The highest BCUT2D eigenvalue weighted by molar-refractivity contribution is 7.99. The van der Waals surface area contributed by atoms with Gasteiger partial charge in [0, 0.05) is 17.2 Å². The van der Waals surface area contributed by atoms with E-state index in [1.165, 1.54) is 11.8 Å². The van der Waals surface area contributed by atoms with Crippen molar-refractivity contribution in [1.29, 1.82) is 0 Å². The molecule has 2 heterocycles. The molecular formula is C20H17N3O3S. The number of rotatable bonds is 6. The van der Waals surface area contributed by atoms with E-state index in [1.807, 2.05) is 30.3 Å². The molecule has 0 radical (unpaired) electrons. The summed E-state index contributed by atoms with van der Waals surface area (Å²) in [5.41, 5.74) is 1.64. The Morgan fingerprint density at radius 2 is 1.89 bits per heavy atom. The first-order chi connectivity index (χ1) is 13.3. The van der Waals surface area contributed by atoms with Crippen molar-refractivity contribution >= 4 is 17.5 Å². The Morgan fingerprint density at radius 1 is 1.07 bits per heavy atom. The van der Waals surface area contributed by atoms with E-state index in [0.29, 0.717) is 23.0 Å². The average Bonchev–Trinajstić information content (AvgIpc) is 3.29. The van der Waals surface area contributed by atoms with E-state index in [4.69, 9.17) is 9.47 Å². The third kappa shape index (κ3) is 3.19. The molecule has 0 unspecified atom stereocenters. The number of nitrogens with zero attached hydrogens (tertiary/aromatic N) is 3. The molecule has 7 heteroatoms. The summed E-state index contributed by atoms with van der Waals surface area (Å²) in [5.74, 6) is 3.06. The summed E-state index contributed by atoms with van der Waals surface area (Å²) >= 11 is 1.41. The Labute approximate surface area is 160 Å². The van der Waals surface area contributed by atoms with Crippen molar-refractivity contribution in [2.45, 2.75) is 23.9 Å². The summed E-state index contributed by atoms with van der Waals surface area (Å²) in [5, 5.41) is 9.50. The van der Waals surface area contributed by atoms with Crippen LogP contribution in [0.3, 0.4) is 0 Å². The van der Waals surface area contributed by atoms with Crippen LogP contribution >= 0.6 is 11.8 Å². The maximum atomic E-state index is 12.6. The molecule has 0 amide bonds. The zero-order valence-corrected chi connectivity index (χ0v) is 15.3. The van der Waals surface area contributed by atoms with Crippen LogP contribution in [0.1, 0.15) is 34.9 Å². The van der Waals surface area contributed by atoms with E-state index in [2.05, 4.69) is 14.8 Å². The summed E-state index contributed by atoms with van der Waals surface area (Å²) in [6.07, 6.45) is 2.29. The topological polar surface area (TPSA) is 66.2 Å². The van der Waals surface area contributed by atoms with Gasteiger partial charge in [-0.1, -0.05) is 30.0 Å². The summed E-state index contributed by atoms with van der Waals surface area (Å²) < 4.78 is 12.7. The molecule has 2 aliphatic rings. The van der Waals surface area contributed by atoms with Crippen LogP contribution in [-0.4, -0.2) is 33.1 Å². The van der Waals surface area contributed by atoms with Crippen LogP contribution in [0, 0.1) is 0 Å². The highest BCUT2D eigenvalue weighted by atomic mass is 32.2. The number of Topliss-reactive ketones (excluding diaryl/α,β-unsaturated/α-hetero) is 1. The number of aromatic nitrogens is 3. The number of fused-ring (bicyclic) bond motifs is 1. The summed E-state index contributed by atoms with van der Waals surface area (Å²) in [6, 6.07) is 15.4. The van der Waals surface area contributed by atoms with Crippen LogP contribution in [0.2, 0.25) is 0 Å². The number of hydrogen-bond acceptors (Lipinski definition) is 6. The van der Waals surface area contributed by atoms with Crippen molar-refractivity contribution in [2.75, 3.05) is 12.5 Å². The van der Waals surface area contributed by atoms with Crippen molar-refractivity contribution in [3.8, 4) is 17.2 Å². The normalized spacial score (nSPS) is 15.1. The van der Waals surface area contributed by atoms with Crippen LogP contribution in [0.15, 0.2) is 53.7 Å². The lowest BCUT2D eigenvalue weighted by atomic mass is 10.1. The van der Waals surface area contributed by atoms with E-state index >= 15 is 0 Å². The lowest BCUT2D eigenvalue weighted by Gasteiger charge is -2.09. The molecule has 1 aliphatic heterocycles. The number of hydrogen-bond donors (Lipinski definition) is 0. The van der Waals surface area contributed by atoms with Crippen molar-refractivity contribution in [2.24, 2.45) is 0 Å². The summed E-state index contributed by atoms with van der Waals surface area (Å²) in [4.78, 5) is 12.6. The van der Waals surface area contributed by atoms with Crippen LogP contribution in [0.5, 0.6) is 11.5 Å². The molecule has 0 spiro atoms. The second-order valence-electron chi connectivity index (χ2n) is 6.57. The van der Waals surface area contributed by atoms with Gasteiger partial charge in [-0.05, 0) is 43.2 Å². The number of para-hydroxylation sites is 1. The number of thioether (sulfide) groups is 1. The highest BCUT2D eigenvalue weighted by Crippen LogP contribution is 2.41. The van der Waals surface area contributed by atoms with Gasteiger partial charge in [-0.2, -0.15) is 0 Å². The first-order valence-corrected chi connectivity index (χ1v) is 9.84. The standard InChI is InChI=1S/C20H17N3O3S/c24-16(14-8-9-17-18(10-14)26-12-25-17)11-27-20-22-21-19(13-6-7-13)23(20)15-4-2-1-3-5-15/h1-5,8-10,13H,6-7,11-12H2. The largest absolute Gasteiger partial charge is 0.454 e. The maximum Gasteiger partial charge on any atom is 0.231 e.